The van der Waals surface area contributed by atoms with Gasteiger partial charge in [-0.1, -0.05) is 56.5 Å². The second-order valence-corrected chi connectivity index (χ2v) is 5.59. The molecule has 1 fully saturated rings. The van der Waals surface area contributed by atoms with Crippen molar-refractivity contribution in [3.8, 4) is 0 Å². The Kier molecular flexibility index (Phi) is 5.73. The van der Waals surface area contributed by atoms with Gasteiger partial charge in [-0.05, 0) is 43.7 Å². The zero-order chi connectivity index (χ0) is 12.6. The molecule has 1 aromatic rings. The van der Waals surface area contributed by atoms with Crippen molar-refractivity contribution in [2.45, 2.75) is 57.9 Å². The normalized spacial score (nSPS) is 24.7. The highest BCUT2D eigenvalue weighted by Crippen LogP contribution is 2.27. The van der Waals surface area contributed by atoms with Gasteiger partial charge in [-0.2, -0.15) is 0 Å². The summed E-state index contributed by atoms with van der Waals surface area (Å²) in [5.41, 5.74) is 1.50. The first kappa shape index (κ1) is 13.6. The molecule has 1 aromatic carbocycles. The van der Waals surface area contributed by atoms with E-state index in [1.807, 2.05) is 0 Å². The quantitative estimate of drug-likeness (QED) is 0.767. The molecule has 0 heterocycles. The van der Waals surface area contributed by atoms with Gasteiger partial charge in [-0.25, -0.2) is 0 Å². The van der Waals surface area contributed by atoms with E-state index < -0.39 is 0 Å². The number of nitrogens with one attached hydrogen (secondary N) is 1. The predicted octanol–water partition coefficient (Wildman–Crippen LogP) is 4.18. The van der Waals surface area contributed by atoms with Gasteiger partial charge in [0.25, 0.3) is 0 Å². The maximum absolute atomic E-state index is 3.71. The summed E-state index contributed by atoms with van der Waals surface area (Å²) in [5, 5.41) is 3.71. The number of hydrogen-bond donors (Lipinski definition) is 1. The average Bonchev–Trinajstić information content (AvgIpc) is 2.64. The summed E-state index contributed by atoms with van der Waals surface area (Å²) in [6, 6.07) is 11.7. The van der Waals surface area contributed by atoms with Crippen molar-refractivity contribution >= 4 is 0 Å². The zero-order valence-electron chi connectivity index (χ0n) is 11.7. The van der Waals surface area contributed by atoms with Gasteiger partial charge < -0.3 is 5.32 Å². The van der Waals surface area contributed by atoms with Crippen LogP contribution in [0.3, 0.4) is 0 Å². The topological polar surface area (TPSA) is 12.0 Å². The van der Waals surface area contributed by atoms with Gasteiger partial charge in [-0.3, -0.25) is 0 Å². The van der Waals surface area contributed by atoms with Gasteiger partial charge in [0.15, 0.2) is 0 Å². The summed E-state index contributed by atoms with van der Waals surface area (Å²) in [6.45, 7) is 3.35. The lowest BCUT2D eigenvalue weighted by Gasteiger charge is -2.26. The molecule has 1 aliphatic rings. The van der Waals surface area contributed by atoms with Crippen LogP contribution < -0.4 is 5.32 Å². The molecule has 0 aromatic heterocycles. The van der Waals surface area contributed by atoms with Crippen LogP contribution in [0.5, 0.6) is 0 Å². The van der Waals surface area contributed by atoms with Crippen molar-refractivity contribution in [2.24, 2.45) is 5.92 Å². The molecule has 0 amide bonds. The Bertz CT molecular complexity index is 320. The van der Waals surface area contributed by atoms with E-state index in [0.717, 1.165) is 18.5 Å². The summed E-state index contributed by atoms with van der Waals surface area (Å²) in [7, 11) is 0. The van der Waals surface area contributed by atoms with Crippen LogP contribution in [0.4, 0.5) is 0 Å². The third-order valence-corrected chi connectivity index (χ3v) is 4.27. The Morgan fingerprint density at radius 2 is 1.83 bits per heavy atom. The molecule has 1 aliphatic carbocycles. The number of aryl methyl sites for hydroxylation is 1. The maximum Gasteiger partial charge on any atom is 0.00953 e. The van der Waals surface area contributed by atoms with Crippen LogP contribution in [0.15, 0.2) is 30.3 Å². The molecule has 1 saturated carbocycles. The summed E-state index contributed by atoms with van der Waals surface area (Å²) in [6.07, 6.45) is 9.68. The monoisotopic (exact) mass is 245 g/mol. The molecule has 100 valence electrons. The van der Waals surface area contributed by atoms with Gasteiger partial charge in [0.1, 0.15) is 0 Å². The van der Waals surface area contributed by atoms with Crippen LogP contribution in [-0.2, 0) is 6.42 Å². The van der Waals surface area contributed by atoms with Crippen LogP contribution in [0.1, 0.15) is 51.0 Å². The molecule has 1 nitrogen and oxygen atoms in total. The van der Waals surface area contributed by atoms with E-state index in [4.69, 9.17) is 0 Å². The van der Waals surface area contributed by atoms with Gasteiger partial charge >= 0.3 is 0 Å². The van der Waals surface area contributed by atoms with E-state index in [9.17, 15) is 0 Å². The minimum Gasteiger partial charge on any atom is -0.314 e. The first-order chi connectivity index (χ1) is 8.90. The smallest absolute Gasteiger partial charge is 0.00953 e. The van der Waals surface area contributed by atoms with Gasteiger partial charge in [-0.15, -0.1) is 0 Å². The van der Waals surface area contributed by atoms with E-state index in [-0.39, 0.29) is 0 Å². The standard InChI is InChI=1S/C17H27N/c1-2-18-17-12-8-4-7-11-16(17)14-13-15-9-5-3-6-10-15/h3,5-6,9-10,16-18H,2,4,7-8,11-14H2,1H3. The average molecular weight is 245 g/mol. The number of benzene rings is 1. The van der Waals surface area contributed by atoms with Gasteiger partial charge in [0.2, 0.25) is 0 Å². The molecular formula is C17H27N. The van der Waals surface area contributed by atoms with Crippen LogP contribution >= 0.6 is 0 Å². The predicted molar refractivity (Wildman–Crippen MR) is 78.8 cm³/mol. The third-order valence-electron chi connectivity index (χ3n) is 4.27. The van der Waals surface area contributed by atoms with Crippen molar-refractivity contribution in [1.29, 1.82) is 0 Å². The molecular weight excluding hydrogens is 218 g/mol. The molecule has 1 heteroatoms. The largest absolute Gasteiger partial charge is 0.314 e. The molecule has 0 spiro atoms. The first-order valence-electron chi connectivity index (χ1n) is 7.67. The second-order valence-electron chi connectivity index (χ2n) is 5.59. The van der Waals surface area contributed by atoms with Crippen molar-refractivity contribution in [3.63, 3.8) is 0 Å². The highest BCUT2D eigenvalue weighted by Gasteiger charge is 2.22. The van der Waals surface area contributed by atoms with Crippen LogP contribution in [0.2, 0.25) is 0 Å². The van der Waals surface area contributed by atoms with Crippen LogP contribution in [-0.4, -0.2) is 12.6 Å². The van der Waals surface area contributed by atoms with E-state index in [1.165, 1.54) is 50.5 Å². The molecule has 0 aliphatic heterocycles. The highest BCUT2D eigenvalue weighted by molar-refractivity contribution is 5.14. The first-order valence-corrected chi connectivity index (χ1v) is 7.67. The minimum atomic E-state index is 0.765. The Morgan fingerprint density at radius 3 is 2.61 bits per heavy atom. The molecule has 18 heavy (non-hydrogen) atoms. The van der Waals surface area contributed by atoms with E-state index in [0.29, 0.717) is 0 Å². The second kappa shape index (κ2) is 7.58. The van der Waals surface area contributed by atoms with E-state index >= 15 is 0 Å². The molecule has 2 rings (SSSR count). The maximum atomic E-state index is 3.71. The molecule has 2 atom stereocenters. The van der Waals surface area contributed by atoms with Crippen LogP contribution in [0, 0.1) is 5.92 Å². The lowest BCUT2D eigenvalue weighted by atomic mass is 9.88. The lowest BCUT2D eigenvalue weighted by Crippen LogP contribution is -2.35. The van der Waals surface area contributed by atoms with Crippen molar-refractivity contribution in [3.05, 3.63) is 35.9 Å². The summed E-state index contributed by atoms with van der Waals surface area (Å²) < 4.78 is 0. The fourth-order valence-corrected chi connectivity index (χ4v) is 3.26. The van der Waals surface area contributed by atoms with Crippen molar-refractivity contribution < 1.29 is 0 Å². The highest BCUT2D eigenvalue weighted by atomic mass is 14.9. The van der Waals surface area contributed by atoms with Gasteiger partial charge in [0, 0.05) is 6.04 Å². The third kappa shape index (κ3) is 4.13. The van der Waals surface area contributed by atoms with Crippen molar-refractivity contribution in [2.75, 3.05) is 6.54 Å². The number of hydrogen-bond acceptors (Lipinski definition) is 1. The molecule has 0 saturated heterocycles. The van der Waals surface area contributed by atoms with E-state index in [1.54, 1.807) is 0 Å². The molecule has 0 bridgehead atoms. The molecule has 0 radical (unpaired) electrons. The fourth-order valence-electron chi connectivity index (χ4n) is 3.26. The fraction of sp³-hybridized carbons (Fsp3) is 0.647. The summed E-state index contributed by atoms with van der Waals surface area (Å²) in [4.78, 5) is 0. The minimum absolute atomic E-state index is 0.765. The lowest BCUT2D eigenvalue weighted by molar-refractivity contribution is 0.321. The number of rotatable bonds is 5. The Morgan fingerprint density at radius 1 is 1.06 bits per heavy atom. The summed E-state index contributed by atoms with van der Waals surface area (Å²) >= 11 is 0. The van der Waals surface area contributed by atoms with Crippen molar-refractivity contribution in [1.82, 2.24) is 5.32 Å². The Balaban J connectivity index is 1.88. The zero-order valence-corrected chi connectivity index (χ0v) is 11.7. The molecule has 2 unspecified atom stereocenters. The Hall–Kier alpha value is -0.820. The Labute approximate surface area is 112 Å². The van der Waals surface area contributed by atoms with Gasteiger partial charge in [0.05, 0.1) is 0 Å². The summed E-state index contributed by atoms with van der Waals surface area (Å²) in [5.74, 6) is 0.882. The molecule has 1 N–H and O–H groups in total. The SMILES string of the molecule is CCNC1CCCCCC1CCc1ccccc1. The van der Waals surface area contributed by atoms with E-state index in [2.05, 4.69) is 42.6 Å². The van der Waals surface area contributed by atoms with Crippen LogP contribution in [0.25, 0.3) is 0 Å².